The highest BCUT2D eigenvalue weighted by atomic mass is 32.2. The van der Waals surface area contributed by atoms with Gasteiger partial charge < -0.3 is 10.1 Å². The van der Waals surface area contributed by atoms with Gasteiger partial charge in [0, 0.05) is 22.6 Å². The summed E-state index contributed by atoms with van der Waals surface area (Å²) in [6.07, 6.45) is 0.666. The van der Waals surface area contributed by atoms with E-state index in [2.05, 4.69) is 52.8 Å². The summed E-state index contributed by atoms with van der Waals surface area (Å²) in [5.41, 5.74) is 3.62. The number of ether oxygens (including phenoxy) is 1. The molecule has 0 saturated carbocycles. The van der Waals surface area contributed by atoms with Gasteiger partial charge in [0.25, 0.3) is 0 Å². The molecule has 4 aromatic rings. The average molecular weight is 401 g/mol. The average Bonchev–Trinajstić information content (AvgIpc) is 2.93. The third-order valence-corrected chi connectivity index (χ3v) is 5.92. The Bertz CT molecular complexity index is 1180. The SMILES string of the molecule is CCCSc1nnc2c(n1)O[C@H](c1cccc3ccccc13)Nc1ccccc1-2. The van der Waals surface area contributed by atoms with Crippen LogP contribution >= 0.6 is 11.8 Å². The van der Waals surface area contributed by atoms with Crippen molar-refractivity contribution in [3.05, 3.63) is 72.3 Å². The molecule has 1 aliphatic rings. The van der Waals surface area contributed by atoms with Crippen LogP contribution in [-0.4, -0.2) is 20.9 Å². The summed E-state index contributed by atoms with van der Waals surface area (Å²) in [7, 11) is 0. The number of para-hydroxylation sites is 1. The molecule has 0 fully saturated rings. The van der Waals surface area contributed by atoms with Crippen molar-refractivity contribution in [1.29, 1.82) is 0 Å². The Balaban J connectivity index is 1.65. The molecular formula is C23H20N4OS. The fourth-order valence-corrected chi connectivity index (χ4v) is 4.15. The molecule has 2 heterocycles. The lowest BCUT2D eigenvalue weighted by atomic mass is 10.0. The second-order valence-corrected chi connectivity index (χ2v) is 7.91. The van der Waals surface area contributed by atoms with Crippen LogP contribution in [0.25, 0.3) is 22.0 Å². The first-order valence-corrected chi connectivity index (χ1v) is 10.7. The molecule has 1 atom stereocenters. The van der Waals surface area contributed by atoms with E-state index in [9.17, 15) is 0 Å². The molecule has 3 aromatic carbocycles. The topological polar surface area (TPSA) is 59.9 Å². The van der Waals surface area contributed by atoms with Crippen molar-refractivity contribution in [3.63, 3.8) is 0 Å². The van der Waals surface area contributed by atoms with Crippen molar-refractivity contribution in [2.75, 3.05) is 11.1 Å². The van der Waals surface area contributed by atoms with Gasteiger partial charge in [-0.1, -0.05) is 79.3 Å². The summed E-state index contributed by atoms with van der Waals surface area (Å²) >= 11 is 1.60. The van der Waals surface area contributed by atoms with Crippen LogP contribution in [0, 0.1) is 0 Å². The normalized spacial score (nSPS) is 15.0. The van der Waals surface area contributed by atoms with Gasteiger partial charge in [-0.05, 0) is 23.3 Å². The van der Waals surface area contributed by atoms with Crippen molar-refractivity contribution in [2.24, 2.45) is 0 Å². The molecule has 5 nitrogen and oxygen atoms in total. The lowest BCUT2D eigenvalue weighted by molar-refractivity contribution is 0.226. The van der Waals surface area contributed by atoms with E-state index in [0.29, 0.717) is 16.7 Å². The number of hydrogen-bond acceptors (Lipinski definition) is 6. The van der Waals surface area contributed by atoms with E-state index in [4.69, 9.17) is 9.72 Å². The molecule has 29 heavy (non-hydrogen) atoms. The zero-order valence-corrected chi connectivity index (χ0v) is 16.8. The number of thioether (sulfide) groups is 1. The molecule has 0 amide bonds. The van der Waals surface area contributed by atoms with Crippen LogP contribution in [0.3, 0.4) is 0 Å². The monoisotopic (exact) mass is 400 g/mol. The maximum Gasteiger partial charge on any atom is 0.247 e. The van der Waals surface area contributed by atoms with Gasteiger partial charge in [-0.3, -0.25) is 0 Å². The molecule has 1 aliphatic heterocycles. The Hall–Kier alpha value is -3.12. The van der Waals surface area contributed by atoms with Crippen LogP contribution in [-0.2, 0) is 0 Å². The van der Waals surface area contributed by atoms with Crippen molar-refractivity contribution in [1.82, 2.24) is 15.2 Å². The van der Waals surface area contributed by atoms with Crippen molar-refractivity contribution >= 4 is 28.2 Å². The highest BCUT2D eigenvalue weighted by Gasteiger charge is 2.26. The van der Waals surface area contributed by atoms with Gasteiger partial charge in [0.2, 0.25) is 11.0 Å². The minimum Gasteiger partial charge on any atom is -0.448 e. The number of aromatic nitrogens is 3. The van der Waals surface area contributed by atoms with E-state index in [-0.39, 0.29) is 6.23 Å². The van der Waals surface area contributed by atoms with Crippen molar-refractivity contribution < 1.29 is 4.74 Å². The van der Waals surface area contributed by atoms with Crippen molar-refractivity contribution in [3.8, 4) is 17.1 Å². The fourth-order valence-electron chi connectivity index (χ4n) is 3.52. The quantitative estimate of drug-likeness (QED) is 0.444. The number of hydrogen-bond donors (Lipinski definition) is 1. The second-order valence-electron chi connectivity index (χ2n) is 6.85. The van der Waals surface area contributed by atoms with Crippen LogP contribution in [0.15, 0.2) is 71.9 Å². The van der Waals surface area contributed by atoms with Gasteiger partial charge in [-0.15, -0.1) is 10.2 Å². The van der Waals surface area contributed by atoms with E-state index in [0.717, 1.165) is 34.4 Å². The maximum absolute atomic E-state index is 6.42. The van der Waals surface area contributed by atoms with E-state index in [1.54, 1.807) is 11.8 Å². The fraction of sp³-hybridized carbons (Fsp3) is 0.174. The standard InChI is InChI=1S/C23H20N4OS/c1-2-14-29-23-25-22-20(26-27-23)18-11-5-6-13-19(18)24-21(28-22)17-12-7-9-15-8-3-4-10-16(15)17/h3-13,21,24H,2,14H2,1H3/t21-/m1/s1. The van der Waals surface area contributed by atoms with Crippen LogP contribution in [0.1, 0.15) is 25.1 Å². The number of fused-ring (bicyclic) bond motifs is 4. The highest BCUT2D eigenvalue weighted by molar-refractivity contribution is 7.99. The van der Waals surface area contributed by atoms with Gasteiger partial charge in [0.1, 0.15) is 0 Å². The minimum absolute atomic E-state index is 0.385. The van der Waals surface area contributed by atoms with Gasteiger partial charge in [0.05, 0.1) is 0 Å². The molecule has 6 heteroatoms. The molecule has 0 unspecified atom stereocenters. The van der Waals surface area contributed by atoms with Crippen molar-refractivity contribution in [2.45, 2.75) is 24.7 Å². The Labute approximate surface area is 173 Å². The Morgan fingerprint density at radius 2 is 1.79 bits per heavy atom. The lowest BCUT2D eigenvalue weighted by Crippen LogP contribution is -2.17. The van der Waals surface area contributed by atoms with E-state index in [1.807, 2.05) is 36.4 Å². The van der Waals surface area contributed by atoms with E-state index in [1.165, 1.54) is 5.39 Å². The Morgan fingerprint density at radius 1 is 0.966 bits per heavy atom. The van der Waals surface area contributed by atoms with Crippen LogP contribution in [0.4, 0.5) is 5.69 Å². The lowest BCUT2D eigenvalue weighted by Gasteiger charge is -2.21. The summed E-state index contributed by atoms with van der Waals surface area (Å²) in [5, 5.41) is 15.3. The Kier molecular flexibility index (Phi) is 4.77. The smallest absolute Gasteiger partial charge is 0.247 e. The predicted octanol–water partition coefficient (Wildman–Crippen LogP) is 5.70. The number of anilines is 1. The van der Waals surface area contributed by atoms with E-state index < -0.39 is 0 Å². The summed E-state index contributed by atoms with van der Waals surface area (Å²) in [5.74, 6) is 1.45. The zero-order chi connectivity index (χ0) is 19.6. The van der Waals surface area contributed by atoms with Crippen LogP contribution in [0.2, 0.25) is 0 Å². The first-order valence-electron chi connectivity index (χ1n) is 9.71. The predicted molar refractivity (Wildman–Crippen MR) is 117 cm³/mol. The molecule has 0 spiro atoms. The second kappa shape index (κ2) is 7.72. The first kappa shape index (κ1) is 17.9. The third-order valence-electron chi connectivity index (χ3n) is 4.87. The molecule has 144 valence electrons. The molecule has 1 N–H and O–H groups in total. The van der Waals surface area contributed by atoms with E-state index >= 15 is 0 Å². The molecule has 0 aliphatic carbocycles. The number of rotatable bonds is 4. The largest absolute Gasteiger partial charge is 0.448 e. The molecule has 0 radical (unpaired) electrons. The van der Waals surface area contributed by atoms with Gasteiger partial charge in [-0.25, -0.2) is 0 Å². The highest BCUT2D eigenvalue weighted by Crippen LogP contribution is 2.40. The number of nitrogens with one attached hydrogen (secondary N) is 1. The summed E-state index contributed by atoms with van der Waals surface area (Å²) in [4.78, 5) is 4.69. The van der Waals surface area contributed by atoms with Crippen LogP contribution in [0.5, 0.6) is 5.88 Å². The number of nitrogens with zero attached hydrogens (tertiary/aromatic N) is 3. The summed E-state index contributed by atoms with van der Waals surface area (Å²) < 4.78 is 6.42. The summed E-state index contributed by atoms with van der Waals surface area (Å²) in [6, 6.07) is 22.6. The minimum atomic E-state index is -0.385. The van der Waals surface area contributed by atoms with Gasteiger partial charge >= 0.3 is 0 Å². The number of benzene rings is 3. The summed E-state index contributed by atoms with van der Waals surface area (Å²) in [6.45, 7) is 2.14. The zero-order valence-electron chi connectivity index (χ0n) is 16.0. The Morgan fingerprint density at radius 3 is 2.72 bits per heavy atom. The first-order chi connectivity index (χ1) is 14.3. The van der Waals surface area contributed by atoms with Gasteiger partial charge in [0.15, 0.2) is 11.9 Å². The maximum atomic E-state index is 6.42. The molecule has 0 bridgehead atoms. The molecular weight excluding hydrogens is 380 g/mol. The molecule has 5 rings (SSSR count). The van der Waals surface area contributed by atoms with Gasteiger partial charge in [-0.2, -0.15) is 4.98 Å². The third kappa shape index (κ3) is 3.40. The molecule has 1 aromatic heterocycles. The molecule has 0 saturated heterocycles. The van der Waals surface area contributed by atoms with Crippen LogP contribution < -0.4 is 10.1 Å².